The largest absolute Gasteiger partial charge is 0.439 e. The minimum atomic E-state index is 0.822. The standard InChI is InChI=1S/C13H17N3O/c1-15-6-8-16(9-7-15)10-13-14-11-4-2-3-5-12(11)17-13/h2-5H,6-10H2,1H3. The smallest absolute Gasteiger partial charge is 0.209 e. The lowest BCUT2D eigenvalue weighted by atomic mass is 10.3. The minimum absolute atomic E-state index is 0.822. The van der Waals surface area contributed by atoms with E-state index in [2.05, 4.69) is 21.8 Å². The van der Waals surface area contributed by atoms with Gasteiger partial charge in [-0.15, -0.1) is 0 Å². The summed E-state index contributed by atoms with van der Waals surface area (Å²) in [5.74, 6) is 0.829. The van der Waals surface area contributed by atoms with E-state index >= 15 is 0 Å². The van der Waals surface area contributed by atoms with Gasteiger partial charge in [0, 0.05) is 26.2 Å². The van der Waals surface area contributed by atoms with Crippen LogP contribution in [0.15, 0.2) is 28.7 Å². The van der Waals surface area contributed by atoms with E-state index in [4.69, 9.17) is 4.42 Å². The van der Waals surface area contributed by atoms with Crippen LogP contribution in [0.1, 0.15) is 5.89 Å². The fraction of sp³-hybridized carbons (Fsp3) is 0.462. The zero-order valence-electron chi connectivity index (χ0n) is 10.1. The molecule has 2 heterocycles. The fourth-order valence-electron chi connectivity index (χ4n) is 2.18. The molecule has 0 aliphatic carbocycles. The van der Waals surface area contributed by atoms with E-state index in [0.717, 1.165) is 49.7 Å². The van der Waals surface area contributed by atoms with Gasteiger partial charge < -0.3 is 9.32 Å². The first-order valence-corrected chi connectivity index (χ1v) is 6.06. The molecule has 4 heteroatoms. The van der Waals surface area contributed by atoms with E-state index in [-0.39, 0.29) is 0 Å². The molecular formula is C13H17N3O. The Labute approximate surface area is 101 Å². The molecule has 90 valence electrons. The predicted octanol–water partition coefficient (Wildman–Crippen LogP) is 1.58. The third-order valence-corrected chi connectivity index (χ3v) is 3.29. The molecule has 0 unspecified atom stereocenters. The average Bonchev–Trinajstić information content (AvgIpc) is 2.74. The third-order valence-electron chi connectivity index (χ3n) is 3.29. The molecule has 1 saturated heterocycles. The first-order chi connectivity index (χ1) is 8.31. The van der Waals surface area contributed by atoms with Crippen LogP contribution >= 0.6 is 0 Å². The van der Waals surface area contributed by atoms with Gasteiger partial charge in [-0.3, -0.25) is 4.90 Å². The molecular weight excluding hydrogens is 214 g/mol. The highest BCUT2D eigenvalue weighted by molar-refractivity contribution is 5.72. The van der Waals surface area contributed by atoms with E-state index in [0.29, 0.717) is 0 Å². The van der Waals surface area contributed by atoms with E-state index in [1.807, 2.05) is 24.3 Å². The van der Waals surface area contributed by atoms with Crippen molar-refractivity contribution < 1.29 is 4.42 Å². The van der Waals surface area contributed by atoms with Gasteiger partial charge in [0.15, 0.2) is 5.58 Å². The zero-order chi connectivity index (χ0) is 11.7. The SMILES string of the molecule is CN1CCN(Cc2nc3ccccc3o2)CC1. The molecule has 1 aromatic carbocycles. The van der Waals surface area contributed by atoms with Crippen LogP contribution in [-0.2, 0) is 6.54 Å². The fourth-order valence-corrected chi connectivity index (χ4v) is 2.18. The maximum Gasteiger partial charge on any atom is 0.209 e. The topological polar surface area (TPSA) is 32.5 Å². The quantitative estimate of drug-likeness (QED) is 0.785. The van der Waals surface area contributed by atoms with Gasteiger partial charge in [-0.25, -0.2) is 4.98 Å². The number of benzene rings is 1. The normalized spacial score (nSPS) is 18.9. The Bertz CT molecular complexity index is 467. The molecule has 0 atom stereocenters. The Balaban J connectivity index is 1.72. The summed E-state index contributed by atoms with van der Waals surface area (Å²) in [5, 5.41) is 0. The van der Waals surface area contributed by atoms with E-state index in [9.17, 15) is 0 Å². The summed E-state index contributed by atoms with van der Waals surface area (Å²) in [6, 6.07) is 7.93. The first-order valence-electron chi connectivity index (χ1n) is 6.06. The van der Waals surface area contributed by atoms with Crippen molar-refractivity contribution in [3.05, 3.63) is 30.2 Å². The highest BCUT2D eigenvalue weighted by Gasteiger charge is 2.16. The molecule has 17 heavy (non-hydrogen) atoms. The molecule has 1 fully saturated rings. The maximum atomic E-state index is 5.73. The summed E-state index contributed by atoms with van der Waals surface area (Å²) in [6.45, 7) is 5.26. The van der Waals surface area contributed by atoms with Crippen LogP contribution in [0, 0.1) is 0 Å². The van der Waals surface area contributed by atoms with Crippen LogP contribution in [0.25, 0.3) is 11.1 Å². The molecule has 0 spiro atoms. The highest BCUT2D eigenvalue weighted by atomic mass is 16.3. The molecule has 0 bridgehead atoms. The Morgan fingerprint density at radius 2 is 1.94 bits per heavy atom. The van der Waals surface area contributed by atoms with Crippen LogP contribution in [-0.4, -0.2) is 48.0 Å². The molecule has 0 N–H and O–H groups in total. The molecule has 1 aliphatic heterocycles. The molecule has 0 amide bonds. The van der Waals surface area contributed by atoms with Crippen LogP contribution in [0.5, 0.6) is 0 Å². The molecule has 0 saturated carbocycles. The van der Waals surface area contributed by atoms with Gasteiger partial charge in [0.25, 0.3) is 0 Å². The number of hydrogen-bond acceptors (Lipinski definition) is 4. The van der Waals surface area contributed by atoms with Crippen molar-refractivity contribution in [3.8, 4) is 0 Å². The Morgan fingerprint density at radius 1 is 1.18 bits per heavy atom. The number of para-hydroxylation sites is 2. The number of aromatic nitrogens is 1. The average molecular weight is 231 g/mol. The van der Waals surface area contributed by atoms with Crippen molar-refractivity contribution in [1.82, 2.24) is 14.8 Å². The van der Waals surface area contributed by atoms with E-state index in [1.54, 1.807) is 0 Å². The Morgan fingerprint density at radius 3 is 2.71 bits per heavy atom. The molecule has 2 aromatic rings. The van der Waals surface area contributed by atoms with Gasteiger partial charge in [0.05, 0.1) is 6.54 Å². The lowest BCUT2D eigenvalue weighted by molar-refractivity contribution is 0.139. The summed E-state index contributed by atoms with van der Waals surface area (Å²) in [5.41, 5.74) is 1.84. The maximum absolute atomic E-state index is 5.73. The van der Waals surface area contributed by atoms with Crippen LogP contribution < -0.4 is 0 Å². The highest BCUT2D eigenvalue weighted by Crippen LogP contribution is 2.16. The molecule has 3 rings (SSSR count). The second-order valence-electron chi connectivity index (χ2n) is 4.65. The monoisotopic (exact) mass is 231 g/mol. The number of rotatable bonds is 2. The number of fused-ring (bicyclic) bond motifs is 1. The lowest BCUT2D eigenvalue weighted by Gasteiger charge is -2.31. The minimum Gasteiger partial charge on any atom is -0.439 e. The van der Waals surface area contributed by atoms with Crippen molar-refractivity contribution in [2.24, 2.45) is 0 Å². The second-order valence-corrected chi connectivity index (χ2v) is 4.65. The summed E-state index contributed by atoms with van der Waals surface area (Å²) in [4.78, 5) is 9.25. The van der Waals surface area contributed by atoms with Gasteiger partial charge in [0.1, 0.15) is 5.52 Å². The van der Waals surface area contributed by atoms with Gasteiger partial charge in [-0.2, -0.15) is 0 Å². The van der Waals surface area contributed by atoms with Gasteiger partial charge in [0.2, 0.25) is 5.89 Å². The van der Waals surface area contributed by atoms with Gasteiger partial charge in [-0.1, -0.05) is 12.1 Å². The summed E-state index contributed by atoms with van der Waals surface area (Å²) >= 11 is 0. The summed E-state index contributed by atoms with van der Waals surface area (Å²) < 4.78 is 5.73. The number of piperazine rings is 1. The van der Waals surface area contributed by atoms with Crippen LogP contribution in [0.3, 0.4) is 0 Å². The Hall–Kier alpha value is -1.39. The third kappa shape index (κ3) is 2.33. The van der Waals surface area contributed by atoms with Gasteiger partial charge in [-0.05, 0) is 19.2 Å². The van der Waals surface area contributed by atoms with Gasteiger partial charge >= 0.3 is 0 Å². The number of oxazole rings is 1. The van der Waals surface area contributed by atoms with Crippen LogP contribution in [0.2, 0.25) is 0 Å². The lowest BCUT2D eigenvalue weighted by Crippen LogP contribution is -2.43. The van der Waals surface area contributed by atoms with Crippen molar-refractivity contribution in [1.29, 1.82) is 0 Å². The van der Waals surface area contributed by atoms with Crippen molar-refractivity contribution in [2.45, 2.75) is 6.54 Å². The zero-order valence-corrected chi connectivity index (χ0v) is 10.1. The number of nitrogens with zero attached hydrogens (tertiary/aromatic N) is 3. The number of hydrogen-bond donors (Lipinski definition) is 0. The number of likely N-dealkylation sites (N-methyl/N-ethyl adjacent to an activating group) is 1. The van der Waals surface area contributed by atoms with Crippen molar-refractivity contribution in [2.75, 3.05) is 33.2 Å². The van der Waals surface area contributed by atoms with Crippen molar-refractivity contribution in [3.63, 3.8) is 0 Å². The molecule has 4 nitrogen and oxygen atoms in total. The second kappa shape index (κ2) is 4.47. The Kier molecular flexibility index (Phi) is 2.82. The van der Waals surface area contributed by atoms with Crippen molar-refractivity contribution >= 4 is 11.1 Å². The molecule has 1 aliphatic rings. The molecule has 0 radical (unpaired) electrons. The van der Waals surface area contributed by atoms with E-state index in [1.165, 1.54) is 0 Å². The summed E-state index contributed by atoms with van der Waals surface area (Å²) in [6.07, 6.45) is 0. The molecule has 1 aromatic heterocycles. The van der Waals surface area contributed by atoms with E-state index < -0.39 is 0 Å². The predicted molar refractivity (Wildman–Crippen MR) is 66.8 cm³/mol. The first kappa shape index (κ1) is 10.7. The van der Waals surface area contributed by atoms with Crippen LogP contribution in [0.4, 0.5) is 0 Å². The summed E-state index contributed by atoms with van der Waals surface area (Å²) in [7, 11) is 2.16.